The summed E-state index contributed by atoms with van der Waals surface area (Å²) in [7, 11) is 1.93. The van der Waals surface area contributed by atoms with E-state index >= 15 is 0 Å². The third-order valence-corrected chi connectivity index (χ3v) is 3.38. The summed E-state index contributed by atoms with van der Waals surface area (Å²) in [5.74, 6) is 0.667. The van der Waals surface area contributed by atoms with Crippen molar-refractivity contribution in [1.29, 1.82) is 0 Å². The van der Waals surface area contributed by atoms with E-state index in [2.05, 4.69) is 10.6 Å². The number of hydrogen-bond acceptors (Lipinski definition) is 3. The Morgan fingerprint density at radius 1 is 1.56 bits per heavy atom. The van der Waals surface area contributed by atoms with Crippen molar-refractivity contribution >= 4 is 11.8 Å². The summed E-state index contributed by atoms with van der Waals surface area (Å²) in [6.07, 6.45) is 2.21. The van der Waals surface area contributed by atoms with Crippen LogP contribution in [-0.4, -0.2) is 49.4 Å². The highest BCUT2D eigenvalue weighted by Gasteiger charge is 2.34. The molecule has 2 rings (SSSR count). The van der Waals surface area contributed by atoms with Gasteiger partial charge in [0.05, 0.1) is 0 Å². The highest BCUT2D eigenvalue weighted by Crippen LogP contribution is 2.18. The molecule has 16 heavy (non-hydrogen) atoms. The van der Waals surface area contributed by atoms with Crippen LogP contribution in [0.15, 0.2) is 0 Å². The Kier molecular flexibility index (Phi) is 3.43. The van der Waals surface area contributed by atoms with E-state index in [4.69, 9.17) is 0 Å². The molecule has 5 heteroatoms. The van der Waals surface area contributed by atoms with Gasteiger partial charge in [0, 0.05) is 19.5 Å². The Balaban J connectivity index is 1.84. The van der Waals surface area contributed by atoms with Crippen LogP contribution in [0.1, 0.15) is 19.3 Å². The van der Waals surface area contributed by atoms with Crippen LogP contribution in [0.25, 0.3) is 0 Å². The Bertz CT molecular complexity index is 293. The summed E-state index contributed by atoms with van der Waals surface area (Å²) in [6, 6.07) is -0.263. The van der Waals surface area contributed by atoms with E-state index in [0.717, 1.165) is 26.1 Å². The Morgan fingerprint density at radius 2 is 2.38 bits per heavy atom. The molecule has 0 saturated carbocycles. The third kappa shape index (κ3) is 2.35. The second kappa shape index (κ2) is 4.82. The van der Waals surface area contributed by atoms with Crippen molar-refractivity contribution < 1.29 is 9.59 Å². The van der Waals surface area contributed by atoms with Crippen LogP contribution >= 0.6 is 0 Å². The summed E-state index contributed by atoms with van der Waals surface area (Å²) < 4.78 is 0. The van der Waals surface area contributed by atoms with Gasteiger partial charge < -0.3 is 15.5 Å². The molecule has 1 unspecified atom stereocenters. The first-order valence-electron chi connectivity index (χ1n) is 5.93. The standard InChI is InChI=1S/C11H19N3O2/c1-12-6-8-4-5-14(7-8)11(16)9-2-3-10(15)13-9/h8-9,12H,2-7H2,1H3,(H,13,15)/t8?,9-/m0/s1. The van der Waals surface area contributed by atoms with Crippen molar-refractivity contribution in [2.24, 2.45) is 5.92 Å². The first-order chi connectivity index (χ1) is 7.70. The number of likely N-dealkylation sites (tertiary alicyclic amines) is 1. The molecule has 2 aliphatic rings. The van der Waals surface area contributed by atoms with Crippen LogP contribution in [0.3, 0.4) is 0 Å². The third-order valence-electron chi connectivity index (χ3n) is 3.38. The molecule has 2 heterocycles. The van der Waals surface area contributed by atoms with Gasteiger partial charge in [-0.15, -0.1) is 0 Å². The second-order valence-electron chi connectivity index (χ2n) is 4.66. The lowest BCUT2D eigenvalue weighted by atomic mass is 10.1. The van der Waals surface area contributed by atoms with Gasteiger partial charge in [0.15, 0.2) is 0 Å². The minimum absolute atomic E-state index is 0.00400. The van der Waals surface area contributed by atoms with Crippen LogP contribution < -0.4 is 10.6 Å². The summed E-state index contributed by atoms with van der Waals surface area (Å²) in [5, 5.41) is 5.87. The number of carbonyl (C=O) groups excluding carboxylic acids is 2. The van der Waals surface area contributed by atoms with Crippen LogP contribution in [0.4, 0.5) is 0 Å². The fourth-order valence-electron chi connectivity index (χ4n) is 2.51. The Labute approximate surface area is 95.6 Å². The quantitative estimate of drug-likeness (QED) is 0.670. The zero-order valence-corrected chi connectivity index (χ0v) is 9.66. The van der Waals surface area contributed by atoms with Gasteiger partial charge >= 0.3 is 0 Å². The number of hydrogen-bond donors (Lipinski definition) is 2. The molecule has 0 spiro atoms. The average Bonchev–Trinajstić information content (AvgIpc) is 2.87. The average molecular weight is 225 g/mol. The maximum absolute atomic E-state index is 12.0. The van der Waals surface area contributed by atoms with E-state index in [0.29, 0.717) is 18.8 Å². The van der Waals surface area contributed by atoms with Crippen LogP contribution in [0.2, 0.25) is 0 Å². The van der Waals surface area contributed by atoms with Crippen molar-refractivity contribution in [2.45, 2.75) is 25.3 Å². The van der Waals surface area contributed by atoms with E-state index in [1.807, 2.05) is 11.9 Å². The SMILES string of the molecule is CNCC1CCN(C(=O)[C@@H]2CCC(=O)N2)C1. The Morgan fingerprint density at radius 3 is 3.00 bits per heavy atom. The molecule has 5 nitrogen and oxygen atoms in total. The molecule has 2 atom stereocenters. The van der Waals surface area contributed by atoms with E-state index in [1.165, 1.54) is 0 Å². The van der Waals surface area contributed by atoms with E-state index in [1.54, 1.807) is 0 Å². The molecule has 2 saturated heterocycles. The fourth-order valence-corrected chi connectivity index (χ4v) is 2.51. The number of rotatable bonds is 3. The highest BCUT2D eigenvalue weighted by molar-refractivity contribution is 5.90. The molecule has 0 aromatic heterocycles. The summed E-state index contributed by atoms with van der Waals surface area (Å²) in [5.41, 5.74) is 0. The predicted molar refractivity (Wildman–Crippen MR) is 59.8 cm³/mol. The summed E-state index contributed by atoms with van der Waals surface area (Å²) in [4.78, 5) is 25.0. The van der Waals surface area contributed by atoms with E-state index < -0.39 is 0 Å². The lowest BCUT2D eigenvalue weighted by molar-refractivity contribution is -0.133. The summed E-state index contributed by atoms with van der Waals surface area (Å²) >= 11 is 0. The zero-order valence-electron chi connectivity index (χ0n) is 9.66. The van der Waals surface area contributed by atoms with E-state index in [9.17, 15) is 9.59 Å². The van der Waals surface area contributed by atoms with Crippen LogP contribution in [0, 0.1) is 5.92 Å². The van der Waals surface area contributed by atoms with Crippen LogP contribution in [0.5, 0.6) is 0 Å². The first-order valence-corrected chi connectivity index (χ1v) is 5.93. The van der Waals surface area contributed by atoms with Gasteiger partial charge in [-0.05, 0) is 32.4 Å². The maximum atomic E-state index is 12.0. The second-order valence-corrected chi connectivity index (χ2v) is 4.66. The van der Waals surface area contributed by atoms with Gasteiger partial charge in [-0.2, -0.15) is 0 Å². The number of carbonyl (C=O) groups is 2. The zero-order chi connectivity index (χ0) is 11.5. The molecule has 2 amide bonds. The molecule has 0 aromatic rings. The van der Waals surface area contributed by atoms with Gasteiger partial charge in [-0.3, -0.25) is 9.59 Å². The van der Waals surface area contributed by atoms with Crippen molar-refractivity contribution in [2.75, 3.05) is 26.7 Å². The predicted octanol–water partition coefficient (Wildman–Crippen LogP) is -0.667. The molecule has 90 valence electrons. The minimum atomic E-state index is -0.263. The number of amides is 2. The molecule has 2 N–H and O–H groups in total. The molecule has 0 aromatic carbocycles. The fraction of sp³-hybridized carbons (Fsp3) is 0.818. The molecular formula is C11H19N3O2. The highest BCUT2D eigenvalue weighted by atomic mass is 16.2. The van der Waals surface area contributed by atoms with Gasteiger partial charge in [0.1, 0.15) is 6.04 Å². The molecule has 0 radical (unpaired) electrons. The van der Waals surface area contributed by atoms with Crippen molar-refractivity contribution in [3.8, 4) is 0 Å². The smallest absolute Gasteiger partial charge is 0.245 e. The molecular weight excluding hydrogens is 206 g/mol. The Hall–Kier alpha value is -1.10. The normalized spacial score (nSPS) is 29.6. The minimum Gasteiger partial charge on any atom is -0.344 e. The topological polar surface area (TPSA) is 61.4 Å². The van der Waals surface area contributed by atoms with Gasteiger partial charge in [-0.25, -0.2) is 0 Å². The van der Waals surface area contributed by atoms with Crippen molar-refractivity contribution in [1.82, 2.24) is 15.5 Å². The molecule has 2 fully saturated rings. The van der Waals surface area contributed by atoms with Gasteiger partial charge in [0.25, 0.3) is 0 Å². The maximum Gasteiger partial charge on any atom is 0.245 e. The molecule has 0 bridgehead atoms. The monoisotopic (exact) mass is 225 g/mol. The lowest BCUT2D eigenvalue weighted by Crippen LogP contribution is -2.43. The largest absolute Gasteiger partial charge is 0.344 e. The first kappa shape index (κ1) is 11.4. The van der Waals surface area contributed by atoms with Crippen LogP contribution in [-0.2, 0) is 9.59 Å². The van der Waals surface area contributed by atoms with Gasteiger partial charge in [0.2, 0.25) is 11.8 Å². The van der Waals surface area contributed by atoms with Crippen molar-refractivity contribution in [3.05, 3.63) is 0 Å². The van der Waals surface area contributed by atoms with Gasteiger partial charge in [-0.1, -0.05) is 0 Å². The molecule has 0 aliphatic carbocycles. The van der Waals surface area contributed by atoms with Crippen molar-refractivity contribution in [3.63, 3.8) is 0 Å². The number of nitrogens with one attached hydrogen (secondary N) is 2. The molecule has 2 aliphatic heterocycles. The number of nitrogens with zero attached hydrogens (tertiary/aromatic N) is 1. The lowest BCUT2D eigenvalue weighted by Gasteiger charge is -2.20. The van der Waals surface area contributed by atoms with E-state index in [-0.39, 0.29) is 17.9 Å². The summed E-state index contributed by atoms with van der Waals surface area (Å²) in [6.45, 7) is 2.62.